The van der Waals surface area contributed by atoms with Crippen LogP contribution in [0.4, 0.5) is 0 Å². The Morgan fingerprint density at radius 3 is 2.46 bits per heavy atom. The van der Waals surface area contributed by atoms with Crippen LogP contribution in [0.1, 0.15) is 24.4 Å². The first-order valence-corrected chi connectivity index (χ1v) is 10.3. The Bertz CT molecular complexity index is 869. The van der Waals surface area contributed by atoms with Crippen molar-refractivity contribution in [1.29, 1.82) is 0 Å². The van der Waals surface area contributed by atoms with E-state index in [4.69, 9.17) is 11.6 Å². The summed E-state index contributed by atoms with van der Waals surface area (Å²) in [6, 6.07) is 15.8. The maximum absolute atomic E-state index is 12.8. The number of amides is 1. The number of likely N-dealkylation sites (tertiary alicyclic amines) is 1. The van der Waals surface area contributed by atoms with Crippen molar-refractivity contribution >= 4 is 27.5 Å². The van der Waals surface area contributed by atoms with E-state index in [0.717, 1.165) is 22.7 Å². The van der Waals surface area contributed by atoms with Crippen LogP contribution >= 0.6 is 11.6 Å². The molecule has 0 N–H and O–H groups in total. The number of halogens is 1. The zero-order chi connectivity index (χ0) is 18.7. The molecule has 1 aliphatic rings. The second-order valence-electron chi connectivity index (χ2n) is 6.37. The van der Waals surface area contributed by atoms with Crippen LogP contribution in [0.5, 0.6) is 0 Å². The number of carbonyl (C=O) groups is 1. The summed E-state index contributed by atoms with van der Waals surface area (Å²) in [5.41, 5.74) is 1.08. The largest absolute Gasteiger partial charge is 0.335 e. The van der Waals surface area contributed by atoms with Crippen LogP contribution in [0.15, 0.2) is 59.5 Å². The Hall–Kier alpha value is -1.89. The number of benzene rings is 2. The molecule has 1 aliphatic heterocycles. The van der Waals surface area contributed by atoms with Gasteiger partial charge < -0.3 is 4.90 Å². The predicted molar refractivity (Wildman–Crippen MR) is 101 cm³/mol. The smallest absolute Gasteiger partial charge is 0.243 e. The third-order valence-corrected chi connectivity index (χ3v) is 6.71. The van der Waals surface area contributed by atoms with Crippen molar-refractivity contribution in [1.82, 2.24) is 9.21 Å². The molecule has 0 aromatic heterocycles. The van der Waals surface area contributed by atoms with Gasteiger partial charge in [0.1, 0.15) is 0 Å². The first kappa shape index (κ1) is 18.9. The molecule has 0 spiro atoms. The van der Waals surface area contributed by atoms with Gasteiger partial charge in [-0.25, -0.2) is 8.42 Å². The highest BCUT2D eigenvalue weighted by atomic mass is 35.5. The Labute approximate surface area is 159 Å². The maximum atomic E-state index is 12.8. The summed E-state index contributed by atoms with van der Waals surface area (Å²) in [5.74, 6) is -0.184. The minimum Gasteiger partial charge on any atom is -0.335 e. The molecule has 0 bridgehead atoms. The number of rotatable bonds is 5. The Morgan fingerprint density at radius 2 is 1.81 bits per heavy atom. The van der Waals surface area contributed by atoms with E-state index < -0.39 is 10.0 Å². The van der Waals surface area contributed by atoms with E-state index in [1.54, 1.807) is 4.90 Å². The number of carbonyl (C=O) groups excluding carboxylic acids is 1. The van der Waals surface area contributed by atoms with Gasteiger partial charge in [0.2, 0.25) is 15.9 Å². The molecule has 1 fully saturated rings. The van der Waals surface area contributed by atoms with Gasteiger partial charge >= 0.3 is 0 Å². The standard InChI is InChI=1S/C19H21ClN2O3S/c1-21(26(24,25)17-11-9-16(20)10-12-17)14-19(23)22-13-5-8-18(22)15-6-3-2-4-7-15/h2-4,6-7,9-12,18H,5,8,13-14H2,1H3. The fraction of sp³-hybridized carbons (Fsp3) is 0.316. The quantitative estimate of drug-likeness (QED) is 0.784. The van der Waals surface area contributed by atoms with E-state index in [0.29, 0.717) is 11.6 Å². The van der Waals surface area contributed by atoms with Crippen LogP contribution < -0.4 is 0 Å². The minimum absolute atomic E-state index is 0.00957. The fourth-order valence-corrected chi connectivity index (χ4v) is 4.49. The van der Waals surface area contributed by atoms with Crippen LogP contribution in [-0.4, -0.2) is 43.7 Å². The lowest BCUT2D eigenvalue weighted by Gasteiger charge is -2.27. The van der Waals surface area contributed by atoms with Crippen LogP contribution in [0.2, 0.25) is 5.02 Å². The van der Waals surface area contributed by atoms with Crippen molar-refractivity contribution in [3.8, 4) is 0 Å². The molecule has 2 aromatic rings. The summed E-state index contributed by atoms with van der Waals surface area (Å²) < 4.78 is 26.4. The Morgan fingerprint density at radius 1 is 1.15 bits per heavy atom. The number of hydrogen-bond donors (Lipinski definition) is 0. The zero-order valence-electron chi connectivity index (χ0n) is 14.5. The summed E-state index contributed by atoms with van der Waals surface area (Å²) in [6.07, 6.45) is 1.81. The number of nitrogens with zero attached hydrogens (tertiary/aromatic N) is 2. The fourth-order valence-electron chi connectivity index (χ4n) is 3.24. The summed E-state index contributed by atoms with van der Waals surface area (Å²) in [4.78, 5) is 14.7. The summed E-state index contributed by atoms with van der Waals surface area (Å²) in [5, 5.41) is 0.463. The molecule has 2 aromatic carbocycles. The van der Waals surface area contributed by atoms with E-state index in [-0.39, 0.29) is 23.4 Å². The maximum Gasteiger partial charge on any atom is 0.243 e. The lowest BCUT2D eigenvalue weighted by atomic mass is 10.0. The molecule has 1 unspecified atom stereocenters. The van der Waals surface area contributed by atoms with E-state index in [1.807, 2.05) is 30.3 Å². The molecule has 1 amide bonds. The van der Waals surface area contributed by atoms with Crippen LogP contribution in [-0.2, 0) is 14.8 Å². The van der Waals surface area contributed by atoms with Crippen LogP contribution in [0.25, 0.3) is 0 Å². The second-order valence-corrected chi connectivity index (χ2v) is 8.85. The Balaban J connectivity index is 1.73. The molecule has 1 heterocycles. The van der Waals surface area contributed by atoms with Crippen LogP contribution in [0, 0.1) is 0 Å². The Kier molecular flexibility index (Phi) is 5.65. The third-order valence-electron chi connectivity index (χ3n) is 4.64. The highest BCUT2D eigenvalue weighted by molar-refractivity contribution is 7.89. The summed E-state index contributed by atoms with van der Waals surface area (Å²) in [6.45, 7) is 0.460. The summed E-state index contributed by atoms with van der Waals surface area (Å²) >= 11 is 5.82. The lowest BCUT2D eigenvalue weighted by molar-refractivity contribution is -0.132. The van der Waals surface area contributed by atoms with Crippen molar-refractivity contribution in [2.75, 3.05) is 20.1 Å². The highest BCUT2D eigenvalue weighted by Crippen LogP contribution is 2.32. The molecular formula is C19H21ClN2O3S. The van der Waals surface area contributed by atoms with Crippen molar-refractivity contribution in [3.63, 3.8) is 0 Å². The molecule has 1 saturated heterocycles. The average Bonchev–Trinajstić information content (AvgIpc) is 3.12. The van der Waals surface area contributed by atoms with Gasteiger partial charge in [-0.2, -0.15) is 4.31 Å². The third kappa shape index (κ3) is 3.92. The zero-order valence-corrected chi connectivity index (χ0v) is 16.1. The van der Waals surface area contributed by atoms with E-state index in [9.17, 15) is 13.2 Å². The second kappa shape index (κ2) is 7.78. The van der Waals surface area contributed by atoms with E-state index >= 15 is 0 Å². The molecule has 0 aliphatic carbocycles. The van der Waals surface area contributed by atoms with Gasteiger partial charge in [0.15, 0.2) is 0 Å². The lowest BCUT2D eigenvalue weighted by Crippen LogP contribution is -2.40. The van der Waals surface area contributed by atoms with Gasteiger partial charge in [-0.1, -0.05) is 41.9 Å². The molecule has 0 saturated carbocycles. The van der Waals surface area contributed by atoms with Gasteiger partial charge in [-0.15, -0.1) is 0 Å². The molecule has 26 heavy (non-hydrogen) atoms. The van der Waals surface area contributed by atoms with Crippen molar-refractivity contribution in [2.45, 2.75) is 23.8 Å². The molecule has 5 nitrogen and oxygen atoms in total. The molecule has 3 rings (SSSR count). The van der Waals surface area contributed by atoms with Crippen molar-refractivity contribution in [3.05, 3.63) is 65.2 Å². The first-order valence-electron chi connectivity index (χ1n) is 8.46. The number of sulfonamides is 1. The average molecular weight is 393 g/mol. The minimum atomic E-state index is -3.74. The van der Waals surface area contributed by atoms with Gasteiger partial charge in [-0.3, -0.25) is 4.79 Å². The molecule has 0 radical (unpaired) electrons. The molecule has 1 atom stereocenters. The monoisotopic (exact) mass is 392 g/mol. The van der Waals surface area contributed by atoms with E-state index in [2.05, 4.69) is 0 Å². The first-order chi connectivity index (χ1) is 12.4. The van der Waals surface area contributed by atoms with Gasteiger partial charge in [-0.05, 0) is 42.7 Å². The highest BCUT2D eigenvalue weighted by Gasteiger charge is 2.32. The van der Waals surface area contributed by atoms with Crippen molar-refractivity contribution < 1.29 is 13.2 Å². The van der Waals surface area contributed by atoms with Gasteiger partial charge in [0, 0.05) is 18.6 Å². The van der Waals surface area contributed by atoms with E-state index in [1.165, 1.54) is 31.3 Å². The van der Waals surface area contributed by atoms with Crippen molar-refractivity contribution in [2.24, 2.45) is 0 Å². The molecule has 138 valence electrons. The SMILES string of the molecule is CN(CC(=O)N1CCCC1c1ccccc1)S(=O)(=O)c1ccc(Cl)cc1. The van der Waals surface area contributed by atoms with Gasteiger partial charge in [0.25, 0.3) is 0 Å². The predicted octanol–water partition coefficient (Wildman–Crippen LogP) is 3.32. The molecular weight excluding hydrogens is 372 g/mol. The summed E-state index contributed by atoms with van der Waals surface area (Å²) in [7, 11) is -2.31. The number of hydrogen-bond acceptors (Lipinski definition) is 3. The molecule has 7 heteroatoms. The van der Waals surface area contributed by atoms with Crippen LogP contribution in [0.3, 0.4) is 0 Å². The number of likely N-dealkylation sites (N-methyl/N-ethyl adjacent to an activating group) is 1. The topological polar surface area (TPSA) is 57.7 Å². The normalized spacial score (nSPS) is 17.7. The van der Waals surface area contributed by atoms with Gasteiger partial charge in [0.05, 0.1) is 17.5 Å².